The number of fused-ring (bicyclic) bond motifs is 1. The van der Waals surface area contributed by atoms with Crippen LogP contribution in [-0.4, -0.2) is 15.7 Å². The molecule has 0 bridgehead atoms. The highest BCUT2D eigenvalue weighted by atomic mass is 16.3. The summed E-state index contributed by atoms with van der Waals surface area (Å²) in [6, 6.07) is 6.14. The number of anilines is 1. The number of nitrogens with zero attached hydrogens (tertiary/aromatic N) is 2. The predicted molar refractivity (Wildman–Crippen MR) is 90.6 cm³/mol. The molecule has 0 spiro atoms. The normalized spacial score (nSPS) is 11.1. The van der Waals surface area contributed by atoms with Crippen molar-refractivity contribution in [2.24, 2.45) is 7.05 Å². The van der Waals surface area contributed by atoms with Gasteiger partial charge in [0.2, 0.25) is 5.91 Å². The number of aromatic nitrogens is 2. The Morgan fingerprint density at radius 2 is 2.13 bits per heavy atom. The third-order valence-corrected chi connectivity index (χ3v) is 4.25. The number of carbonyl (C=O) groups is 1. The van der Waals surface area contributed by atoms with Crippen molar-refractivity contribution in [3.63, 3.8) is 0 Å². The number of rotatable bonds is 4. The summed E-state index contributed by atoms with van der Waals surface area (Å²) in [7, 11) is 1.87. The Morgan fingerprint density at radius 3 is 2.78 bits per heavy atom. The van der Waals surface area contributed by atoms with E-state index < -0.39 is 0 Å². The minimum atomic E-state index is -0.0635. The number of aryl methyl sites for hydroxylation is 3. The maximum absolute atomic E-state index is 12.4. The Hall–Kier alpha value is -2.56. The molecule has 0 aliphatic rings. The van der Waals surface area contributed by atoms with Crippen LogP contribution in [0.3, 0.4) is 0 Å². The highest BCUT2D eigenvalue weighted by Crippen LogP contribution is 2.24. The molecule has 5 nitrogen and oxygen atoms in total. The van der Waals surface area contributed by atoms with Gasteiger partial charge in [-0.15, -0.1) is 0 Å². The Kier molecular flexibility index (Phi) is 3.94. The van der Waals surface area contributed by atoms with E-state index in [4.69, 9.17) is 4.42 Å². The number of benzene rings is 1. The van der Waals surface area contributed by atoms with E-state index in [0.29, 0.717) is 0 Å². The van der Waals surface area contributed by atoms with Crippen LogP contribution in [-0.2, 0) is 24.7 Å². The van der Waals surface area contributed by atoms with Gasteiger partial charge in [-0.2, -0.15) is 5.10 Å². The van der Waals surface area contributed by atoms with Gasteiger partial charge in [0.25, 0.3) is 0 Å². The first-order valence-corrected chi connectivity index (χ1v) is 7.78. The fourth-order valence-electron chi connectivity index (χ4n) is 2.80. The molecule has 23 heavy (non-hydrogen) atoms. The maximum Gasteiger partial charge on any atom is 0.229 e. The highest BCUT2D eigenvalue weighted by Gasteiger charge is 2.15. The minimum Gasteiger partial charge on any atom is -0.464 e. The van der Waals surface area contributed by atoms with Crippen LogP contribution >= 0.6 is 0 Å². The van der Waals surface area contributed by atoms with Crippen molar-refractivity contribution < 1.29 is 9.21 Å². The smallest absolute Gasteiger partial charge is 0.229 e. The number of amides is 1. The first-order valence-electron chi connectivity index (χ1n) is 7.78. The first-order chi connectivity index (χ1) is 11.0. The SMILES string of the molecule is CCc1ccc2c(CC(=O)Nc3c(C)nn(C)c3C)coc2c1. The van der Waals surface area contributed by atoms with Gasteiger partial charge >= 0.3 is 0 Å². The molecule has 1 N–H and O–H groups in total. The standard InChI is InChI=1S/C18H21N3O2/c1-5-13-6-7-15-14(10-23-16(15)8-13)9-17(22)19-18-11(2)20-21(4)12(18)3/h6-8,10H,5,9H2,1-4H3,(H,19,22). The zero-order chi connectivity index (χ0) is 16.6. The van der Waals surface area contributed by atoms with Gasteiger partial charge in [0.1, 0.15) is 5.58 Å². The summed E-state index contributed by atoms with van der Waals surface area (Å²) in [5, 5.41) is 8.27. The van der Waals surface area contributed by atoms with Crippen LogP contribution < -0.4 is 5.32 Å². The molecule has 0 aliphatic carbocycles. The van der Waals surface area contributed by atoms with E-state index in [2.05, 4.69) is 23.4 Å². The van der Waals surface area contributed by atoms with Gasteiger partial charge in [-0.1, -0.05) is 19.1 Å². The van der Waals surface area contributed by atoms with Gasteiger partial charge < -0.3 is 9.73 Å². The zero-order valence-electron chi connectivity index (χ0n) is 13.9. The number of furan rings is 1. The summed E-state index contributed by atoms with van der Waals surface area (Å²) >= 11 is 0. The lowest BCUT2D eigenvalue weighted by Crippen LogP contribution is -2.15. The molecule has 0 fully saturated rings. The molecule has 0 radical (unpaired) electrons. The molecule has 120 valence electrons. The van der Waals surface area contributed by atoms with Gasteiger partial charge in [0, 0.05) is 18.0 Å². The largest absolute Gasteiger partial charge is 0.464 e. The summed E-state index contributed by atoms with van der Waals surface area (Å²) in [5.74, 6) is -0.0635. The van der Waals surface area contributed by atoms with Crippen LogP contribution in [0.15, 0.2) is 28.9 Å². The highest BCUT2D eigenvalue weighted by molar-refractivity contribution is 5.96. The summed E-state index contributed by atoms with van der Waals surface area (Å²) in [6.07, 6.45) is 2.92. The van der Waals surface area contributed by atoms with Crippen LogP contribution in [0.1, 0.15) is 29.4 Å². The van der Waals surface area contributed by atoms with E-state index >= 15 is 0 Å². The Bertz CT molecular complexity index is 874. The molecule has 0 atom stereocenters. The molecular weight excluding hydrogens is 290 g/mol. The molecule has 0 unspecified atom stereocenters. The van der Waals surface area contributed by atoms with Crippen molar-refractivity contribution in [1.29, 1.82) is 0 Å². The molecule has 1 aromatic carbocycles. The molecule has 3 rings (SSSR count). The van der Waals surface area contributed by atoms with E-state index in [1.54, 1.807) is 10.9 Å². The van der Waals surface area contributed by atoms with Crippen LogP contribution in [0.5, 0.6) is 0 Å². The topological polar surface area (TPSA) is 60.1 Å². The lowest BCUT2D eigenvalue weighted by atomic mass is 10.1. The van der Waals surface area contributed by atoms with E-state index in [0.717, 1.165) is 40.0 Å². The van der Waals surface area contributed by atoms with Gasteiger partial charge in [0.15, 0.2) is 0 Å². The predicted octanol–water partition coefficient (Wildman–Crippen LogP) is 3.53. The fraction of sp³-hybridized carbons (Fsp3) is 0.333. The van der Waals surface area contributed by atoms with Gasteiger partial charge in [-0.25, -0.2) is 0 Å². The zero-order valence-corrected chi connectivity index (χ0v) is 13.9. The molecule has 0 aliphatic heterocycles. The summed E-state index contributed by atoms with van der Waals surface area (Å²) < 4.78 is 7.37. The van der Waals surface area contributed by atoms with E-state index in [1.807, 2.05) is 33.0 Å². The third-order valence-electron chi connectivity index (χ3n) is 4.25. The summed E-state index contributed by atoms with van der Waals surface area (Å²) in [6.45, 7) is 5.94. The maximum atomic E-state index is 12.4. The van der Waals surface area contributed by atoms with Crippen LogP contribution in [0.2, 0.25) is 0 Å². The molecule has 5 heteroatoms. The molecular formula is C18H21N3O2. The number of hydrogen-bond donors (Lipinski definition) is 1. The molecule has 0 saturated carbocycles. The van der Waals surface area contributed by atoms with E-state index in [9.17, 15) is 4.79 Å². The average molecular weight is 311 g/mol. The van der Waals surface area contributed by atoms with Crippen molar-refractivity contribution in [2.75, 3.05) is 5.32 Å². The lowest BCUT2D eigenvalue weighted by Gasteiger charge is -2.05. The van der Waals surface area contributed by atoms with Gasteiger partial charge in [-0.05, 0) is 31.9 Å². The average Bonchev–Trinajstić information content (AvgIpc) is 3.03. The summed E-state index contributed by atoms with van der Waals surface area (Å²) in [4.78, 5) is 12.4. The molecule has 0 saturated heterocycles. The molecule has 3 aromatic rings. The lowest BCUT2D eigenvalue weighted by molar-refractivity contribution is -0.115. The van der Waals surface area contributed by atoms with Crippen molar-refractivity contribution >= 4 is 22.6 Å². The van der Waals surface area contributed by atoms with Crippen LogP contribution in [0.25, 0.3) is 11.0 Å². The molecule has 1 amide bonds. The Labute approximate surface area is 135 Å². The van der Waals surface area contributed by atoms with E-state index in [-0.39, 0.29) is 12.3 Å². The van der Waals surface area contributed by atoms with Crippen molar-refractivity contribution in [3.8, 4) is 0 Å². The van der Waals surface area contributed by atoms with E-state index in [1.165, 1.54) is 5.56 Å². The second kappa shape index (κ2) is 5.91. The Balaban J connectivity index is 1.80. The molecule has 2 aromatic heterocycles. The monoisotopic (exact) mass is 311 g/mol. The Morgan fingerprint density at radius 1 is 1.35 bits per heavy atom. The van der Waals surface area contributed by atoms with Crippen molar-refractivity contribution in [2.45, 2.75) is 33.6 Å². The van der Waals surface area contributed by atoms with Gasteiger partial charge in [-0.3, -0.25) is 9.48 Å². The quantitative estimate of drug-likeness (QED) is 0.802. The van der Waals surface area contributed by atoms with Crippen molar-refractivity contribution in [3.05, 3.63) is 47.0 Å². The van der Waals surface area contributed by atoms with Crippen molar-refractivity contribution in [1.82, 2.24) is 9.78 Å². The second-order valence-corrected chi connectivity index (χ2v) is 5.84. The molecule has 2 heterocycles. The van der Waals surface area contributed by atoms with Crippen LogP contribution in [0, 0.1) is 13.8 Å². The fourth-order valence-corrected chi connectivity index (χ4v) is 2.80. The van der Waals surface area contributed by atoms with Crippen LogP contribution in [0.4, 0.5) is 5.69 Å². The number of hydrogen-bond acceptors (Lipinski definition) is 3. The minimum absolute atomic E-state index is 0.0635. The summed E-state index contributed by atoms with van der Waals surface area (Å²) in [5.41, 5.74) is 5.52. The first kappa shape index (κ1) is 15.3. The van der Waals surface area contributed by atoms with Gasteiger partial charge in [0.05, 0.1) is 29.8 Å². The number of carbonyl (C=O) groups excluding carboxylic acids is 1. The number of nitrogens with one attached hydrogen (secondary N) is 1. The second-order valence-electron chi connectivity index (χ2n) is 5.84. The third kappa shape index (κ3) is 2.86.